The van der Waals surface area contributed by atoms with Gasteiger partial charge in [-0.2, -0.15) is 0 Å². The second-order valence-electron chi connectivity index (χ2n) is 7.91. The Balaban J connectivity index is 1.49. The third-order valence-corrected chi connectivity index (χ3v) is 8.66. The maximum Gasteiger partial charge on any atom is 0.233 e. The van der Waals surface area contributed by atoms with Gasteiger partial charge in [-0.05, 0) is 43.5 Å². The molecule has 11 heteroatoms. The predicted molar refractivity (Wildman–Crippen MR) is 120 cm³/mol. The number of sulfone groups is 1. The highest BCUT2D eigenvalue weighted by atomic mass is 35.5. The van der Waals surface area contributed by atoms with Gasteiger partial charge in [-0.25, -0.2) is 8.42 Å². The topological polar surface area (TPSA) is 94.4 Å². The Morgan fingerprint density at radius 3 is 2.71 bits per heavy atom. The largest absolute Gasteiger partial charge is 0.376 e. The van der Waals surface area contributed by atoms with Crippen LogP contribution in [0.25, 0.3) is 11.4 Å². The van der Waals surface area contributed by atoms with Gasteiger partial charge in [0, 0.05) is 30.3 Å². The molecule has 31 heavy (non-hydrogen) atoms. The lowest BCUT2D eigenvalue weighted by molar-refractivity contribution is -0.128. The molecule has 1 amide bonds. The number of amides is 1. The van der Waals surface area contributed by atoms with Gasteiger partial charge >= 0.3 is 0 Å². The number of carbonyl (C=O) groups is 1. The number of halogens is 1. The van der Waals surface area contributed by atoms with E-state index in [0.717, 1.165) is 25.0 Å². The quantitative estimate of drug-likeness (QED) is 0.557. The fourth-order valence-corrected chi connectivity index (χ4v) is 6.65. The summed E-state index contributed by atoms with van der Waals surface area (Å²) in [6.45, 7) is 1.36. The summed E-state index contributed by atoms with van der Waals surface area (Å²) in [5.74, 6) is 0.930. The van der Waals surface area contributed by atoms with Gasteiger partial charge in [-0.3, -0.25) is 9.36 Å². The van der Waals surface area contributed by atoms with Crippen molar-refractivity contribution >= 4 is 39.1 Å². The molecular weight excluding hydrogens is 460 g/mol. The Labute approximate surface area is 191 Å². The molecule has 168 valence electrons. The number of aromatic nitrogens is 3. The van der Waals surface area contributed by atoms with Crippen molar-refractivity contribution < 1.29 is 17.9 Å². The third kappa shape index (κ3) is 5.42. The van der Waals surface area contributed by atoms with E-state index in [1.54, 1.807) is 11.9 Å². The van der Waals surface area contributed by atoms with Crippen LogP contribution in [-0.4, -0.2) is 77.0 Å². The lowest BCUT2D eigenvalue weighted by Crippen LogP contribution is -2.38. The summed E-state index contributed by atoms with van der Waals surface area (Å²) in [5.41, 5.74) is 0.890. The van der Waals surface area contributed by atoms with Gasteiger partial charge in [0.05, 0.1) is 29.9 Å². The van der Waals surface area contributed by atoms with Gasteiger partial charge in [0.1, 0.15) is 0 Å². The van der Waals surface area contributed by atoms with Gasteiger partial charge in [-0.1, -0.05) is 23.4 Å². The van der Waals surface area contributed by atoms with E-state index in [2.05, 4.69) is 10.2 Å². The van der Waals surface area contributed by atoms with E-state index >= 15 is 0 Å². The highest BCUT2D eigenvalue weighted by Crippen LogP contribution is 2.28. The number of carbonyl (C=O) groups excluding carboxylic acids is 1. The van der Waals surface area contributed by atoms with Gasteiger partial charge in [-0.15, -0.1) is 10.2 Å². The first-order valence-corrected chi connectivity index (χ1v) is 13.4. The molecule has 2 atom stereocenters. The molecule has 8 nitrogen and oxygen atoms in total. The van der Waals surface area contributed by atoms with Crippen molar-refractivity contribution in [2.75, 3.05) is 30.9 Å². The van der Waals surface area contributed by atoms with Gasteiger partial charge < -0.3 is 9.64 Å². The van der Waals surface area contributed by atoms with Gasteiger partial charge in [0.2, 0.25) is 5.91 Å². The molecule has 2 saturated heterocycles. The van der Waals surface area contributed by atoms with Gasteiger partial charge in [0.25, 0.3) is 0 Å². The maximum atomic E-state index is 12.7. The van der Waals surface area contributed by atoms with Crippen molar-refractivity contribution in [3.8, 4) is 11.4 Å². The smallest absolute Gasteiger partial charge is 0.233 e. The third-order valence-electron chi connectivity index (χ3n) is 5.70. The molecule has 3 heterocycles. The Morgan fingerprint density at radius 1 is 1.29 bits per heavy atom. The average molecular weight is 485 g/mol. The summed E-state index contributed by atoms with van der Waals surface area (Å²) in [6, 6.07) is 7.15. The highest BCUT2D eigenvalue weighted by molar-refractivity contribution is 7.99. The molecular formula is C20H25ClN4O4S2. The van der Waals surface area contributed by atoms with Crippen molar-refractivity contribution in [2.24, 2.45) is 0 Å². The number of hydrogen-bond donors (Lipinski definition) is 0. The molecule has 2 fully saturated rings. The molecule has 0 aliphatic carbocycles. The van der Waals surface area contributed by atoms with Crippen LogP contribution in [0.5, 0.6) is 0 Å². The number of hydrogen-bond acceptors (Lipinski definition) is 7. The number of nitrogens with zero attached hydrogens (tertiary/aromatic N) is 4. The van der Waals surface area contributed by atoms with E-state index < -0.39 is 9.84 Å². The van der Waals surface area contributed by atoms with E-state index in [-0.39, 0.29) is 35.3 Å². The monoisotopic (exact) mass is 484 g/mol. The minimum Gasteiger partial charge on any atom is -0.376 e. The molecule has 4 rings (SSSR count). The Morgan fingerprint density at radius 2 is 2.06 bits per heavy atom. The molecule has 2 aliphatic rings. The Bertz CT molecular complexity index is 1040. The predicted octanol–water partition coefficient (Wildman–Crippen LogP) is 2.52. The molecule has 1 aromatic heterocycles. The molecule has 1 aromatic carbocycles. The summed E-state index contributed by atoms with van der Waals surface area (Å²) in [6.07, 6.45) is 2.58. The number of ether oxygens (including phenoxy) is 1. The molecule has 0 radical (unpaired) electrons. The van der Waals surface area contributed by atoms with Crippen LogP contribution in [-0.2, 0) is 25.9 Å². The Hall–Kier alpha value is -1.62. The zero-order valence-electron chi connectivity index (χ0n) is 17.2. The van der Waals surface area contributed by atoms with Crippen molar-refractivity contribution in [1.29, 1.82) is 0 Å². The molecule has 0 saturated carbocycles. The van der Waals surface area contributed by atoms with Crippen LogP contribution in [0.4, 0.5) is 0 Å². The lowest BCUT2D eigenvalue weighted by atomic mass is 10.2. The standard InChI is InChI=1S/C20H25ClN4O4S2/c1-24(16-8-10-31(27,28)13-16)18(26)12-30-20-23-22-19(14-4-6-15(21)7-5-14)25(20)11-17-3-2-9-29-17/h4-7,16-17H,2-3,8-13H2,1H3/t16-,17-/m0/s1. The van der Waals surface area contributed by atoms with E-state index in [4.69, 9.17) is 16.3 Å². The van der Waals surface area contributed by atoms with Gasteiger partial charge in [0.15, 0.2) is 20.8 Å². The fraction of sp³-hybridized carbons (Fsp3) is 0.550. The van der Waals surface area contributed by atoms with Crippen LogP contribution < -0.4 is 0 Å². The van der Waals surface area contributed by atoms with Crippen molar-refractivity contribution in [3.05, 3.63) is 29.3 Å². The van der Waals surface area contributed by atoms with Crippen LogP contribution in [0.3, 0.4) is 0 Å². The summed E-state index contributed by atoms with van der Waals surface area (Å²) >= 11 is 7.33. The second-order valence-corrected chi connectivity index (χ2v) is 11.5. The minimum absolute atomic E-state index is 0.0375. The number of rotatable bonds is 7. The maximum absolute atomic E-state index is 12.7. The average Bonchev–Trinajstić information content (AvgIpc) is 3.47. The fourth-order valence-electron chi connectivity index (χ4n) is 3.88. The lowest BCUT2D eigenvalue weighted by Gasteiger charge is -2.23. The zero-order valence-corrected chi connectivity index (χ0v) is 19.6. The van der Waals surface area contributed by atoms with E-state index in [9.17, 15) is 13.2 Å². The van der Waals surface area contributed by atoms with Crippen LogP contribution in [0.15, 0.2) is 29.4 Å². The second kappa shape index (κ2) is 9.48. The van der Waals surface area contributed by atoms with Crippen LogP contribution >= 0.6 is 23.4 Å². The summed E-state index contributed by atoms with van der Waals surface area (Å²) in [7, 11) is -1.37. The van der Waals surface area contributed by atoms with Crippen molar-refractivity contribution in [1.82, 2.24) is 19.7 Å². The highest BCUT2D eigenvalue weighted by Gasteiger charge is 2.33. The summed E-state index contributed by atoms with van der Waals surface area (Å²) < 4.78 is 31.3. The first kappa shape index (κ1) is 22.6. The van der Waals surface area contributed by atoms with Crippen LogP contribution in [0, 0.1) is 0 Å². The SMILES string of the molecule is CN(C(=O)CSc1nnc(-c2ccc(Cl)cc2)n1C[C@@H]1CCCO1)[C@H]1CCS(=O)(=O)C1. The molecule has 0 bridgehead atoms. The summed E-state index contributed by atoms with van der Waals surface area (Å²) in [5, 5.41) is 9.98. The minimum atomic E-state index is -3.04. The van der Waals surface area contributed by atoms with Crippen LogP contribution in [0.2, 0.25) is 5.02 Å². The first-order valence-electron chi connectivity index (χ1n) is 10.2. The molecule has 0 spiro atoms. The Kier molecular flexibility index (Phi) is 6.90. The molecule has 2 aliphatic heterocycles. The van der Waals surface area contributed by atoms with E-state index in [1.165, 1.54) is 11.8 Å². The van der Waals surface area contributed by atoms with E-state index in [1.807, 2.05) is 28.8 Å². The van der Waals surface area contributed by atoms with Crippen molar-refractivity contribution in [2.45, 2.75) is 43.1 Å². The van der Waals surface area contributed by atoms with E-state index in [0.29, 0.717) is 29.0 Å². The molecule has 0 unspecified atom stereocenters. The number of benzene rings is 1. The molecule has 0 N–H and O–H groups in total. The zero-order chi connectivity index (χ0) is 22.0. The normalized spacial score (nSPS) is 22.6. The van der Waals surface area contributed by atoms with Crippen LogP contribution in [0.1, 0.15) is 19.3 Å². The van der Waals surface area contributed by atoms with Crippen molar-refractivity contribution in [3.63, 3.8) is 0 Å². The molecule has 2 aromatic rings. The number of thioether (sulfide) groups is 1. The summed E-state index contributed by atoms with van der Waals surface area (Å²) in [4.78, 5) is 14.3. The first-order chi connectivity index (χ1) is 14.8.